The van der Waals surface area contributed by atoms with Crippen LogP contribution in [0.2, 0.25) is 0 Å². The van der Waals surface area contributed by atoms with Crippen LogP contribution in [-0.2, 0) is 15.4 Å². The Morgan fingerprint density at radius 2 is 1.85 bits per heavy atom. The summed E-state index contributed by atoms with van der Waals surface area (Å²) in [4.78, 5) is 5.56. The van der Waals surface area contributed by atoms with Crippen LogP contribution >= 0.6 is 34.4 Å². The number of para-hydroxylation sites is 1. The van der Waals surface area contributed by atoms with Crippen molar-refractivity contribution in [2.24, 2.45) is 0 Å². The topological polar surface area (TPSA) is 59.1 Å². The number of nitrogens with one attached hydrogen (secondary N) is 1. The summed E-state index contributed by atoms with van der Waals surface area (Å²) in [6, 6.07) is 9.07. The van der Waals surface area contributed by atoms with Crippen LogP contribution in [0, 0.1) is 0 Å². The zero-order valence-electron chi connectivity index (χ0n) is 14.9. The largest absolute Gasteiger partial charge is 0.278 e. The first kappa shape index (κ1) is 19.4. The third-order valence-electron chi connectivity index (χ3n) is 3.71. The molecular formula is C18H20N2O2S4. The Morgan fingerprint density at radius 1 is 1.12 bits per heavy atom. The summed E-state index contributed by atoms with van der Waals surface area (Å²) in [5.41, 5.74) is 2.43. The molecule has 4 nitrogen and oxygen atoms in total. The van der Waals surface area contributed by atoms with E-state index in [9.17, 15) is 8.42 Å². The average Bonchev–Trinajstić information content (AvgIpc) is 3.24. The molecule has 3 rings (SSSR count). The SMILES string of the molecule is CSc1ccccc1NS(=O)(=O)c1cc(-c2nc(C(C)(C)C)cs2)cs1. The van der Waals surface area contributed by atoms with E-state index in [-0.39, 0.29) is 9.62 Å². The van der Waals surface area contributed by atoms with Crippen LogP contribution in [0.3, 0.4) is 0 Å². The predicted octanol–water partition coefficient (Wildman–Crippen LogP) is 5.69. The number of thiazole rings is 1. The van der Waals surface area contributed by atoms with Crippen LogP contribution in [0.15, 0.2) is 50.2 Å². The van der Waals surface area contributed by atoms with Crippen LogP contribution in [0.4, 0.5) is 5.69 Å². The number of sulfonamides is 1. The Bertz CT molecular complexity index is 1010. The summed E-state index contributed by atoms with van der Waals surface area (Å²) in [7, 11) is -3.62. The van der Waals surface area contributed by atoms with Gasteiger partial charge >= 0.3 is 0 Å². The van der Waals surface area contributed by atoms with Crippen LogP contribution in [0.25, 0.3) is 10.6 Å². The second kappa shape index (κ2) is 7.34. The van der Waals surface area contributed by atoms with E-state index in [0.29, 0.717) is 5.69 Å². The van der Waals surface area contributed by atoms with E-state index in [2.05, 4.69) is 30.5 Å². The maximum absolute atomic E-state index is 12.8. The van der Waals surface area contributed by atoms with Gasteiger partial charge in [0.25, 0.3) is 10.0 Å². The summed E-state index contributed by atoms with van der Waals surface area (Å²) < 4.78 is 28.5. The van der Waals surface area contributed by atoms with E-state index in [1.165, 1.54) is 23.1 Å². The highest BCUT2D eigenvalue weighted by Crippen LogP contribution is 2.35. The highest BCUT2D eigenvalue weighted by molar-refractivity contribution is 7.99. The zero-order valence-corrected chi connectivity index (χ0v) is 18.2. The first-order valence-corrected chi connectivity index (χ1v) is 12.4. The van der Waals surface area contributed by atoms with Gasteiger partial charge in [-0.25, -0.2) is 13.4 Å². The van der Waals surface area contributed by atoms with Gasteiger partial charge in [0.2, 0.25) is 0 Å². The first-order valence-electron chi connectivity index (χ1n) is 7.91. The van der Waals surface area contributed by atoms with Gasteiger partial charge in [-0.2, -0.15) is 0 Å². The van der Waals surface area contributed by atoms with E-state index in [4.69, 9.17) is 0 Å². The molecule has 2 aromatic heterocycles. The molecule has 0 aliphatic rings. The average molecular weight is 425 g/mol. The van der Waals surface area contributed by atoms with Gasteiger partial charge in [0.15, 0.2) is 0 Å². The molecule has 0 atom stereocenters. The number of hydrogen-bond acceptors (Lipinski definition) is 6. The predicted molar refractivity (Wildman–Crippen MR) is 113 cm³/mol. The zero-order chi connectivity index (χ0) is 18.9. The fraction of sp³-hybridized carbons (Fsp3) is 0.278. The van der Waals surface area contributed by atoms with Gasteiger partial charge in [-0.15, -0.1) is 34.4 Å². The number of benzene rings is 1. The minimum absolute atomic E-state index is 0.0250. The van der Waals surface area contributed by atoms with E-state index in [1.54, 1.807) is 23.5 Å². The molecule has 0 radical (unpaired) electrons. The lowest BCUT2D eigenvalue weighted by atomic mass is 9.93. The molecule has 0 spiro atoms. The molecule has 2 heterocycles. The fourth-order valence-corrected chi connectivity index (χ4v) is 6.22. The van der Waals surface area contributed by atoms with Crippen molar-refractivity contribution in [1.82, 2.24) is 4.98 Å². The standard InChI is InChI=1S/C18H20N2O2S4/c1-18(2,3)15-11-25-17(19-15)12-9-16(24-10-12)26(21,22)20-13-7-5-6-8-14(13)23-4/h5-11,20H,1-4H3. The summed E-state index contributed by atoms with van der Waals surface area (Å²) in [6.07, 6.45) is 1.92. The Kier molecular flexibility index (Phi) is 5.48. The highest BCUT2D eigenvalue weighted by Gasteiger charge is 2.21. The van der Waals surface area contributed by atoms with Gasteiger partial charge in [0.1, 0.15) is 9.22 Å². The summed E-state index contributed by atoms with van der Waals surface area (Å²) >= 11 is 4.26. The third-order valence-corrected chi connectivity index (χ3v) is 8.20. The molecule has 0 saturated heterocycles. The third kappa shape index (κ3) is 4.14. The quantitative estimate of drug-likeness (QED) is 0.534. The molecule has 0 aliphatic heterocycles. The number of rotatable bonds is 5. The normalized spacial score (nSPS) is 12.3. The number of thiophene rings is 1. The molecule has 0 saturated carbocycles. The lowest BCUT2D eigenvalue weighted by Gasteiger charge is -2.14. The Hall–Kier alpha value is -1.35. The minimum Gasteiger partial charge on any atom is -0.278 e. The van der Waals surface area contributed by atoms with Crippen molar-refractivity contribution in [2.45, 2.75) is 35.3 Å². The van der Waals surface area contributed by atoms with Crippen molar-refractivity contribution in [2.75, 3.05) is 11.0 Å². The highest BCUT2D eigenvalue weighted by atomic mass is 32.2. The van der Waals surface area contributed by atoms with Crippen molar-refractivity contribution < 1.29 is 8.42 Å². The van der Waals surface area contributed by atoms with E-state index in [1.807, 2.05) is 35.2 Å². The lowest BCUT2D eigenvalue weighted by Crippen LogP contribution is -2.12. The van der Waals surface area contributed by atoms with Gasteiger partial charge in [-0.3, -0.25) is 4.72 Å². The Labute approximate surface area is 166 Å². The maximum atomic E-state index is 12.8. The van der Waals surface area contributed by atoms with Gasteiger partial charge in [0.05, 0.1) is 11.4 Å². The second-order valence-electron chi connectivity index (χ2n) is 6.75. The Morgan fingerprint density at radius 3 is 2.50 bits per heavy atom. The van der Waals surface area contributed by atoms with Crippen molar-refractivity contribution >= 4 is 50.1 Å². The van der Waals surface area contributed by atoms with E-state index in [0.717, 1.165) is 21.2 Å². The molecule has 1 aromatic carbocycles. The van der Waals surface area contributed by atoms with Gasteiger partial charge in [0, 0.05) is 26.6 Å². The van der Waals surface area contributed by atoms with E-state index >= 15 is 0 Å². The number of aromatic nitrogens is 1. The van der Waals surface area contributed by atoms with Crippen LogP contribution < -0.4 is 4.72 Å². The van der Waals surface area contributed by atoms with Crippen molar-refractivity contribution in [3.63, 3.8) is 0 Å². The molecule has 0 bridgehead atoms. The fourth-order valence-electron chi connectivity index (χ4n) is 2.24. The van der Waals surface area contributed by atoms with Crippen molar-refractivity contribution in [3.8, 4) is 10.6 Å². The number of hydrogen-bond donors (Lipinski definition) is 1. The first-order chi connectivity index (χ1) is 12.2. The van der Waals surface area contributed by atoms with Gasteiger partial charge < -0.3 is 0 Å². The second-order valence-corrected chi connectivity index (χ2v) is 11.3. The molecule has 0 unspecified atom stereocenters. The molecule has 3 aromatic rings. The summed E-state index contributed by atoms with van der Waals surface area (Å²) in [5.74, 6) is 0. The molecule has 8 heteroatoms. The smallest absolute Gasteiger partial charge is 0.271 e. The lowest BCUT2D eigenvalue weighted by molar-refractivity contribution is 0.573. The molecule has 1 N–H and O–H groups in total. The number of thioether (sulfide) groups is 1. The number of nitrogens with zero attached hydrogens (tertiary/aromatic N) is 1. The number of anilines is 1. The molecular weight excluding hydrogens is 404 g/mol. The van der Waals surface area contributed by atoms with Gasteiger partial charge in [-0.1, -0.05) is 32.9 Å². The summed E-state index contributed by atoms with van der Waals surface area (Å²) in [5, 5.41) is 4.73. The summed E-state index contributed by atoms with van der Waals surface area (Å²) in [6.45, 7) is 6.34. The van der Waals surface area contributed by atoms with E-state index < -0.39 is 10.0 Å². The maximum Gasteiger partial charge on any atom is 0.271 e. The van der Waals surface area contributed by atoms with Crippen molar-refractivity contribution in [1.29, 1.82) is 0 Å². The van der Waals surface area contributed by atoms with Gasteiger partial charge in [-0.05, 0) is 24.5 Å². The monoisotopic (exact) mass is 424 g/mol. The molecule has 138 valence electrons. The van der Waals surface area contributed by atoms with Crippen LogP contribution in [0.1, 0.15) is 26.5 Å². The molecule has 0 aliphatic carbocycles. The van der Waals surface area contributed by atoms with Crippen molar-refractivity contribution in [3.05, 3.63) is 46.8 Å². The van der Waals surface area contributed by atoms with Crippen LogP contribution in [-0.4, -0.2) is 19.7 Å². The van der Waals surface area contributed by atoms with Crippen LogP contribution in [0.5, 0.6) is 0 Å². The molecule has 0 amide bonds. The minimum atomic E-state index is -3.62. The molecule has 26 heavy (non-hydrogen) atoms. The molecule has 0 fully saturated rings. The Balaban J connectivity index is 1.88.